The molecule has 136 valence electrons. The van der Waals surface area contributed by atoms with E-state index in [1.807, 2.05) is 13.8 Å². The van der Waals surface area contributed by atoms with Gasteiger partial charge in [-0.15, -0.1) is 0 Å². The van der Waals surface area contributed by atoms with Crippen LogP contribution in [0.3, 0.4) is 0 Å². The fourth-order valence-electron chi connectivity index (χ4n) is 5.59. The zero-order valence-electron chi connectivity index (χ0n) is 15.3. The second-order valence-electron chi connectivity index (χ2n) is 8.66. The Morgan fingerprint density at radius 1 is 1.29 bits per heavy atom. The lowest BCUT2D eigenvalue weighted by molar-refractivity contribution is -0.164. The first-order valence-corrected chi connectivity index (χ1v) is 9.24. The van der Waals surface area contributed by atoms with Gasteiger partial charge in [0, 0.05) is 6.42 Å². The van der Waals surface area contributed by atoms with Crippen LogP contribution in [0.1, 0.15) is 72.1 Å². The summed E-state index contributed by atoms with van der Waals surface area (Å²) in [5, 5.41) is 18.8. The van der Waals surface area contributed by atoms with E-state index in [1.54, 1.807) is 0 Å². The summed E-state index contributed by atoms with van der Waals surface area (Å²) in [4.78, 5) is 22.9. The molecule has 0 radical (unpaired) electrons. The van der Waals surface area contributed by atoms with E-state index in [1.165, 1.54) is 5.57 Å². The third-order valence-corrected chi connectivity index (χ3v) is 6.98. The number of aliphatic carboxylic acids is 2. The second kappa shape index (κ2) is 6.89. The minimum absolute atomic E-state index is 0.0241. The molecule has 4 heteroatoms. The number of hydrogen-bond acceptors (Lipinski definition) is 2. The van der Waals surface area contributed by atoms with Crippen molar-refractivity contribution in [3.8, 4) is 0 Å². The second-order valence-corrected chi connectivity index (χ2v) is 8.66. The van der Waals surface area contributed by atoms with Crippen molar-refractivity contribution in [2.75, 3.05) is 0 Å². The molecule has 0 aromatic carbocycles. The normalized spacial score (nSPS) is 37.5. The largest absolute Gasteiger partial charge is 0.481 e. The van der Waals surface area contributed by atoms with E-state index in [-0.39, 0.29) is 23.7 Å². The van der Waals surface area contributed by atoms with Gasteiger partial charge in [0.2, 0.25) is 0 Å². The van der Waals surface area contributed by atoms with Crippen LogP contribution in [-0.4, -0.2) is 22.2 Å². The van der Waals surface area contributed by atoms with Crippen LogP contribution in [0.4, 0.5) is 0 Å². The Hall–Kier alpha value is -1.32. The maximum Gasteiger partial charge on any atom is 0.309 e. The van der Waals surface area contributed by atoms with E-state index in [0.717, 1.165) is 44.9 Å². The molecule has 0 heterocycles. The summed E-state index contributed by atoms with van der Waals surface area (Å²) in [6.07, 6.45) is 6.57. The third-order valence-electron chi connectivity index (χ3n) is 6.98. The Balaban J connectivity index is 2.19. The Morgan fingerprint density at radius 2 is 1.96 bits per heavy atom. The number of allylic oxidation sites excluding steroid dienone is 1. The fourth-order valence-corrected chi connectivity index (χ4v) is 5.59. The molecule has 2 N–H and O–H groups in total. The Labute approximate surface area is 145 Å². The van der Waals surface area contributed by atoms with E-state index in [9.17, 15) is 14.7 Å². The molecule has 4 nitrogen and oxygen atoms in total. The molecule has 0 aromatic heterocycles. The summed E-state index contributed by atoms with van der Waals surface area (Å²) in [6.45, 7) is 10.5. The van der Waals surface area contributed by atoms with Gasteiger partial charge in [-0.1, -0.05) is 32.4 Å². The van der Waals surface area contributed by atoms with Gasteiger partial charge in [-0.2, -0.15) is 0 Å². The number of carboxylic acids is 2. The molecule has 0 aromatic rings. The van der Waals surface area contributed by atoms with Gasteiger partial charge in [-0.3, -0.25) is 9.59 Å². The molecule has 5 atom stereocenters. The van der Waals surface area contributed by atoms with Crippen LogP contribution >= 0.6 is 0 Å². The maximum absolute atomic E-state index is 12.0. The van der Waals surface area contributed by atoms with Crippen molar-refractivity contribution in [3.05, 3.63) is 12.2 Å². The van der Waals surface area contributed by atoms with Crippen molar-refractivity contribution in [1.29, 1.82) is 0 Å². The van der Waals surface area contributed by atoms with E-state index >= 15 is 0 Å². The minimum Gasteiger partial charge on any atom is -0.481 e. The first-order chi connectivity index (χ1) is 11.1. The lowest BCUT2D eigenvalue weighted by Crippen LogP contribution is -2.53. The Bertz CT molecular complexity index is 526. The van der Waals surface area contributed by atoms with E-state index in [4.69, 9.17) is 5.11 Å². The maximum atomic E-state index is 12.0. The number of carbonyl (C=O) groups is 2. The highest BCUT2D eigenvalue weighted by Crippen LogP contribution is 2.62. The lowest BCUT2D eigenvalue weighted by atomic mass is 9.46. The molecule has 1 unspecified atom stereocenters. The van der Waals surface area contributed by atoms with Gasteiger partial charge in [-0.25, -0.2) is 0 Å². The summed E-state index contributed by atoms with van der Waals surface area (Å²) < 4.78 is 0. The fraction of sp³-hybridized carbons (Fsp3) is 0.800. The van der Waals surface area contributed by atoms with Crippen LogP contribution in [0.5, 0.6) is 0 Å². The predicted molar refractivity (Wildman–Crippen MR) is 93.7 cm³/mol. The topological polar surface area (TPSA) is 74.6 Å². The summed E-state index contributed by atoms with van der Waals surface area (Å²) in [5.74, 6) is -0.768. The SMILES string of the molecule is C=C1CC[C@@H]2[C@](C)(CCC[C@]2(C)C(=O)O)[C@H]1CCC(C)CC(=O)O. The third kappa shape index (κ3) is 3.38. The first-order valence-electron chi connectivity index (χ1n) is 9.24. The monoisotopic (exact) mass is 336 g/mol. The van der Waals surface area contributed by atoms with E-state index in [0.29, 0.717) is 5.92 Å². The molecular weight excluding hydrogens is 304 g/mol. The smallest absolute Gasteiger partial charge is 0.309 e. The van der Waals surface area contributed by atoms with Crippen molar-refractivity contribution in [3.63, 3.8) is 0 Å². The first kappa shape index (κ1) is 19.0. The zero-order chi connectivity index (χ0) is 18.1. The lowest BCUT2D eigenvalue weighted by Gasteiger charge is -2.57. The minimum atomic E-state index is -0.745. The number of rotatable bonds is 6. The molecule has 0 amide bonds. The van der Waals surface area contributed by atoms with Crippen LogP contribution in [0.15, 0.2) is 12.2 Å². The van der Waals surface area contributed by atoms with Crippen molar-refractivity contribution in [2.24, 2.45) is 28.6 Å². The van der Waals surface area contributed by atoms with Crippen LogP contribution < -0.4 is 0 Å². The van der Waals surface area contributed by atoms with Gasteiger partial charge in [-0.05, 0) is 68.6 Å². The highest BCUT2D eigenvalue weighted by molar-refractivity contribution is 5.75. The molecule has 2 saturated carbocycles. The Morgan fingerprint density at radius 3 is 2.54 bits per heavy atom. The van der Waals surface area contributed by atoms with Crippen LogP contribution in [-0.2, 0) is 9.59 Å². The van der Waals surface area contributed by atoms with Crippen molar-refractivity contribution < 1.29 is 19.8 Å². The van der Waals surface area contributed by atoms with Crippen molar-refractivity contribution in [2.45, 2.75) is 72.1 Å². The quantitative estimate of drug-likeness (QED) is 0.687. The van der Waals surface area contributed by atoms with Gasteiger partial charge in [0.1, 0.15) is 0 Å². The average Bonchev–Trinajstić information content (AvgIpc) is 2.45. The molecule has 0 aliphatic heterocycles. The van der Waals surface area contributed by atoms with Gasteiger partial charge >= 0.3 is 11.9 Å². The van der Waals surface area contributed by atoms with Gasteiger partial charge < -0.3 is 10.2 Å². The summed E-state index contributed by atoms with van der Waals surface area (Å²) in [5.41, 5.74) is 0.577. The number of fused-ring (bicyclic) bond motifs is 1. The highest BCUT2D eigenvalue weighted by Gasteiger charge is 2.57. The van der Waals surface area contributed by atoms with Crippen LogP contribution in [0.2, 0.25) is 0 Å². The average molecular weight is 336 g/mol. The highest BCUT2D eigenvalue weighted by atomic mass is 16.4. The summed E-state index contributed by atoms with van der Waals surface area (Å²) in [6, 6.07) is 0. The van der Waals surface area contributed by atoms with Crippen molar-refractivity contribution in [1.82, 2.24) is 0 Å². The Kier molecular flexibility index (Phi) is 5.46. The molecule has 0 bridgehead atoms. The van der Waals surface area contributed by atoms with Gasteiger partial charge in [0.05, 0.1) is 5.41 Å². The molecule has 2 fully saturated rings. The van der Waals surface area contributed by atoms with E-state index in [2.05, 4.69) is 13.5 Å². The van der Waals surface area contributed by atoms with Crippen LogP contribution in [0.25, 0.3) is 0 Å². The van der Waals surface area contributed by atoms with Gasteiger partial charge in [0.25, 0.3) is 0 Å². The molecule has 2 aliphatic rings. The molecule has 0 saturated heterocycles. The molecular formula is C20H32O4. The van der Waals surface area contributed by atoms with Crippen LogP contribution in [0, 0.1) is 28.6 Å². The zero-order valence-corrected chi connectivity index (χ0v) is 15.3. The summed E-state index contributed by atoms with van der Waals surface area (Å²) in [7, 11) is 0. The summed E-state index contributed by atoms with van der Waals surface area (Å²) >= 11 is 0. The number of hydrogen-bond donors (Lipinski definition) is 2. The number of carboxylic acid groups (broad SMARTS) is 2. The molecule has 2 rings (SSSR count). The molecule has 2 aliphatic carbocycles. The predicted octanol–water partition coefficient (Wildman–Crippen LogP) is 4.74. The van der Waals surface area contributed by atoms with Crippen molar-refractivity contribution >= 4 is 11.9 Å². The van der Waals surface area contributed by atoms with E-state index < -0.39 is 17.4 Å². The molecule has 0 spiro atoms. The molecule has 24 heavy (non-hydrogen) atoms. The van der Waals surface area contributed by atoms with Gasteiger partial charge in [0.15, 0.2) is 0 Å². The standard InChI is InChI=1S/C20H32O4/c1-13(12-17(21)22)6-8-15-14(2)7-9-16-19(15,3)10-5-11-20(16,4)18(23)24/h13,15-16H,2,5-12H2,1,3-4H3,(H,21,22)(H,23,24)/t13?,15-,16+,19+,20-/m0/s1.